The summed E-state index contributed by atoms with van der Waals surface area (Å²) in [5.41, 5.74) is 0.703. The Balaban J connectivity index is 2.46. The summed E-state index contributed by atoms with van der Waals surface area (Å²) in [5.74, 6) is 1.63. The Morgan fingerprint density at radius 1 is 1.42 bits per heavy atom. The van der Waals surface area contributed by atoms with Gasteiger partial charge in [0.15, 0.2) is 0 Å². The fourth-order valence-corrected chi connectivity index (χ4v) is 2.46. The summed E-state index contributed by atoms with van der Waals surface area (Å²) in [4.78, 5) is 11.9. The highest BCUT2D eigenvalue weighted by Crippen LogP contribution is 2.22. The molecule has 1 atom stereocenters. The molecule has 5 heteroatoms. The summed E-state index contributed by atoms with van der Waals surface area (Å²) < 4.78 is 5.19. The number of hydrogen-bond acceptors (Lipinski definition) is 4. The predicted molar refractivity (Wildman–Crippen MR) is 82.1 cm³/mol. The molecule has 0 aliphatic carbocycles. The van der Waals surface area contributed by atoms with Crippen molar-refractivity contribution in [2.45, 2.75) is 19.4 Å². The summed E-state index contributed by atoms with van der Waals surface area (Å²) in [5, 5.41) is 6.10. The van der Waals surface area contributed by atoms with Crippen LogP contribution in [-0.2, 0) is 4.79 Å². The van der Waals surface area contributed by atoms with Crippen molar-refractivity contribution in [3.63, 3.8) is 0 Å². The van der Waals surface area contributed by atoms with E-state index in [0.29, 0.717) is 24.0 Å². The number of carbonyl (C=O) groups is 1. The number of methoxy groups -OCH3 is 1. The van der Waals surface area contributed by atoms with Crippen LogP contribution in [0, 0.1) is 0 Å². The third kappa shape index (κ3) is 5.53. The molecule has 4 nitrogen and oxygen atoms in total. The molecule has 0 aliphatic heterocycles. The van der Waals surface area contributed by atoms with E-state index in [0.717, 1.165) is 12.2 Å². The quantitative estimate of drug-likeness (QED) is 0.768. The number of hydrogen-bond donors (Lipinski definition) is 2. The van der Waals surface area contributed by atoms with Crippen molar-refractivity contribution in [3.8, 4) is 5.75 Å². The lowest BCUT2D eigenvalue weighted by Gasteiger charge is -2.16. The van der Waals surface area contributed by atoms with Gasteiger partial charge in [-0.2, -0.15) is 11.8 Å². The molecular weight excluding hydrogens is 260 g/mol. The largest absolute Gasteiger partial charge is 0.495 e. The zero-order valence-electron chi connectivity index (χ0n) is 11.7. The highest BCUT2D eigenvalue weighted by atomic mass is 32.2. The van der Waals surface area contributed by atoms with Gasteiger partial charge in [0.05, 0.1) is 19.3 Å². The molecule has 0 spiro atoms. The lowest BCUT2D eigenvalue weighted by Crippen LogP contribution is -2.37. The van der Waals surface area contributed by atoms with Gasteiger partial charge >= 0.3 is 0 Å². The molecule has 0 aliphatic rings. The van der Waals surface area contributed by atoms with Gasteiger partial charge in [-0.15, -0.1) is 0 Å². The maximum Gasteiger partial charge on any atom is 0.238 e. The molecule has 19 heavy (non-hydrogen) atoms. The summed E-state index contributed by atoms with van der Waals surface area (Å²) in [6, 6.07) is 7.77. The Kier molecular flexibility index (Phi) is 7.36. The smallest absolute Gasteiger partial charge is 0.238 e. The SMILES string of the molecule is CCC(CSC)NCC(=O)Nc1ccccc1OC. The predicted octanol–water partition coefficient (Wildman–Crippen LogP) is 2.36. The van der Waals surface area contributed by atoms with E-state index in [4.69, 9.17) is 4.74 Å². The van der Waals surface area contributed by atoms with Gasteiger partial charge in [-0.1, -0.05) is 19.1 Å². The van der Waals surface area contributed by atoms with Crippen LogP contribution in [0.3, 0.4) is 0 Å². The van der Waals surface area contributed by atoms with E-state index >= 15 is 0 Å². The van der Waals surface area contributed by atoms with E-state index in [2.05, 4.69) is 23.8 Å². The first-order chi connectivity index (χ1) is 9.21. The molecule has 0 heterocycles. The average Bonchev–Trinajstić information content (AvgIpc) is 2.44. The molecule has 106 valence electrons. The first-order valence-electron chi connectivity index (χ1n) is 6.36. The van der Waals surface area contributed by atoms with E-state index in [-0.39, 0.29) is 5.91 Å². The third-order valence-corrected chi connectivity index (χ3v) is 3.53. The van der Waals surface area contributed by atoms with Crippen LogP contribution in [-0.4, -0.2) is 37.6 Å². The average molecular weight is 282 g/mol. The van der Waals surface area contributed by atoms with Crippen LogP contribution in [0.15, 0.2) is 24.3 Å². The summed E-state index contributed by atoms with van der Waals surface area (Å²) in [6.45, 7) is 2.43. The Labute approximate surface area is 119 Å². The molecule has 1 unspecified atom stereocenters. The molecule has 2 N–H and O–H groups in total. The second kappa shape index (κ2) is 8.82. The van der Waals surface area contributed by atoms with Gasteiger partial charge in [0, 0.05) is 11.8 Å². The number of thioether (sulfide) groups is 1. The molecule has 1 aromatic rings. The van der Waals surface area contributed by atoms with E-state index in [1.807, 2.05) is 24.3 Å². The van der Waals surface area contributed by atoms with Crippen LogP contribution in [0.25, 0.3) is 0 Å². The van der Waals surface area contributed by atoms with Crippen LogP contribution in [0.5, 0.6) is 5.75 Å². The van der Waals surface area contributed by atoms with Gasteiger partial charge in [-0.25, -0.2) is 0 Å². The number of nitrogens with one attached hydrogen (secondary N) is 2. The van der Waals surface area contributed by atoms with Crippen LogP contribution in [0.2, 0.25) is 0 Å². The van der Waals surface area contributed by atoms with E-state index in [1.54, 1.807) is 18.9 Å². The minimum absolute atomic E-state index is 0.0518. The molecule has 0 fully saturated rings. The van der Waals surface area contributed by atoms with Crippen molar-refractivity contribution in [1.29, 1.82) is 0 Å². The zero-order chi connectivity index (χ0) is 14.1. The number of amides is 1. The fourth-order valence-electron chi connectivity index (χ4n) is 1.70. The Bertz CT molecular complexity index is 399. The van der Waals surface area contributed by atoms with Crippen LogP contribution in [0.1, 0.15) is 13.3 Å². The molecule has 0 saturated heterocycles. The monoisotopic (exact) mass is 282 g/mol. The van der Waals surface area contributed by atoms with Crippen molar-refractivity contribution in [1.82, 2.24) is 5.32 Å². The first kappa shape index (κ1) is 15.9. The second-order valence-corrected chi connectivity index (χ2v) is 5.10. The van der Waals surface area contributed by atoms with Gasteiger partial charge in [0.2, 0.25) is 5.91 Å². The lowest BCUT2D eigenvalue weighted by atomic mass is 10.2. The number of benzene rings is 1. The third-order valence-electron chi connectivity index (χ3n) is 2.79. The molecule has 0 saturated carbocycles. The summed E-state index contributed by atoms with van der Waals surface area (Å²) in [6.07, 6.45) is 3.09. The van der Waals surface area contributed by atoms with Gasteiger partial charge in [0.1, 0.15) is 5.75 Å². The number of rotatable bonds is 8. The maximum absolute atomic E-state index is 11.9. The molecule has 0 aromatic heterocycles. The van der Waals surface area contributed by atoms with Crippen LogP contribution in [0.4, 0.5) is 5.69 Å². The van der Waals surface area contributed by atoms with Crippen LogP contribution < -0.4 is 15.4 Å². The highest BCUT2D eigenvalue weighted by Gasteiger charge is 2.09. The molecule has 1 rings (SSSR count). The number of para-hydroxylation sites is 2. The van der Waals surface area contributed by atoms with Gasteiger partial charge in [-0.05, 0) is 24.8 Å². The molecule has 0 radical (unpaired) electrons. The normalized spacial score (nSPS) is 11.9. The minimum Gasteiger partial charge on any atom is -0.495 e. The summed E-state index contributed by atoms with van der Waals surface area (Å²) in [7, 11) is 1.59. The number of ether oxygens (including phenoxy) is 1. The minimum atomic E-state index is -0.0518. The van der Waals surface area contributed by atoms with Crippen molar-refractivity contribution in [2.75, 3.05) is 31.0 Å². The zero-order valence-corrected chi connectivity index (χ0v) is 12.5. The number of carbonyl (C=O) groups excluding carboxylic acids is 1. The number of anilines is 1. The van der Waals surface area contributed by atoms with Gasteiger partial charge in [-0.3, -0.25) is 4.79 Å². The van der Waals surface area contributed by atoms with E-state index < -0.39 is 0 Å². The molecule has 1 amide bonds. The first-order valence-corrected chi connectivity index (χ1v) is 7.75. The van der Waals surface area contributed by atoms with E-state index in [9.17, 15) is 4.79 Å². The van der Waals surface area contributed by atoms with Crippen LogP contribution >= 0.6 is 11.8 Å². The van der Waals surface area contributed by atoms with Gasteiger partial charge in [0.25, 0.3) is 0 Å². The van der Waals surface area contributed by atoms with E-state index in [1.165, 1.54) is 0 Å². The van der Waals surface area contributed by atoms with Crippen molar-refractivity contribution < 1.29 is 9.53 Å². The Morgan fingerprint density at radius 3 is 2.79 bits per heavy atom. The molecule has 0 bridgehead atoms. The fraction of sp³-hybridized carbons (Fsp3) is 0.500. The highest BCUT2D eigenvalue weighted by molar-refractivity contribution is 7.98. The lowest BCUT2D eigenvalue weighted by molar-refractivity contribution is -0.115. The second-order valence-electron chi connectivity index (χ2n) is 4.19. The molecule has 1 aromatic carbocycles. The van der Waals surface area contributed by atoms with Crippen molar-refractivity contribution in [2.24, 2.45) is 0 Å². The summed E-state index contributed by atoms with van der Waals surface area (Å²) >= 11 is 1.78. The maximum atomic E-state index is 11.9. The molecular formula is C14H22N2O2S. The van der Waals surface area contributed by atoms with Crippen molar-refractivity contribution >= 4 is 23.4 Å². The standard InChI is InChI=1S/C14H22N2O2S/c1-4-11(10-19-3)15-9-14(17)16-12-7-5-6-8-13(12)18-2/h5-8,11,15H,4,9-10H2,1-3H3,(H,16,17). The Morgan fingerprint density at radius 2 is 2.16 bits per heavy atom. The topological polar surface area (TPSA) is 50.4 Å². The van der Waals surface area contributed by atoms with Gasteiger partial charge < -0.3 is 15.4 Å². The Hall–Kier alpha value is -1.20. The van der Waals surface area contributed by atoms with Crippen molar-refractivity contribution in [3.05, 3.63) is 24.3 Å².